The molecule has 0 spiro atoms. The standard InChI is InChI=1S/C23H25N4O3/c24-20-17-19(29-16-13-27-11-14-28-15-12-27)9-10-21(20)25-22-7-4-8-23(26-22)30-18-5-2-1-3-6-18/h1-7,9-10,17H,11-16,24H2,(H,25,26). The van der Waals surface area contributed by atoms with Crippen molar-refractivity contribution >= 4 is 17.2 Å². The van der Waals surface area contributed by atoms with Gasteiger partial charge in [0.25, 0.3) is 0 Å². The van der Waals surface area contributed by atoms with E-state index in [1.165, 1.54) is 0 Å². The van der Waals surface area contributed by atoms with Crippen molar-refractivity contribution in [2.75, 3.05) is 50.5 Å². The number of aromatic nitrogens is 1. The molecule has 2 aromatic carbocycles. The summed E-state index contributed by atoms with van der Waals surface area (Å²) in [5.74, 6) is 2.45. The van der Waals surface area contributed by atoms with Crippen molar-refractivity contribution in [3.05, 3.63) is 66.7 Å². The molecule has 2 heterocycles. The third-order valence-corrected chi connectivity index (χ3v) is 4.69. The fourth-order valence-electron chi connectivity index (χ4n) is 3.09. The number of hydrogen-bond acceptors (Lipinski definition) is 7. The minimum atomic E-state index is 0.382. The molecule has 1 fully saturated rings. The highest BCUT2D eigenvalue weighted by atomic mass is 16.5. The molecule has 0 amide bonds. The number of nitrogens with two attached hydrogens (primary N) is 1. The van der Waals surface area contributed by atoms with Crippen molar-refractivity contribution in [2.45, 2.75) is 0 Å². The molecule has 3 aromatic rings. The first kappa shape index (κ1) is 20.0. The average Bonchev–Trinajstić information content (AvgIpc) is 2.77. The number of pyridine rings is 1. The Morgan fingerprint density at radius 1 is 1.07 bits per heavy atom. The largest absolute Gasteiger partial charge is 0.492 e. The first-order valence-corrected chi connectivity index (χ1v) is 9.97. The number of anilines is 3. The predicted octanol–water partition coefficient (Wildman–Crippen LogP) is 3.71. The lowest BCUT2D eigenvalue weighted by molar-refractivity contribution is 0.0322. The Hall–Kier alpha value is -3.29. The van der Waals surface area contributed by atoms with E-state index in [-0.39, 0.29) is 0 Å². The Bertz CT molecular complexity index is 946. The summed E-state index contributed by atoms with van der Waals surface area (Å²) in [7, 11) is 0. The Morgan fingerprint density at radius 3 is 2.70 bits per heavy atom. The van der Waals surface area contributed by atoms with E-state index in [9.17, 15) is 0 Å². The van der Waals surface area contributed by atoms with E-state index in [4.69, 9.17) is 19.9 Å². The van der Waals surface area contributed by atoms with Gasteiger partial charge in [-0.2, -0.15) is 4.98 Å². The zero-order chi connectivity index (χ0) is 20.6. The van der Waals surface area contributed by atoms with Gasteiger partial charge in [0.1, 0.15) is 23.9 Å². The number of rotatable bonds is 8. The van der Waals surface area contributed by atoms with Crippen LogP contribution in [-0.2, 0) is 4.74 Å². The van der Waals surface area contributed by atoms with Gasteiger partial charge in [0, 0.05) is 31.8 Å². The highest BCUT2D eigenvalue weighted by Gasteiger charge is 2.10. The summed E-state index contributed by atoms with van der Waals surface area (Å²) in [6.07, 6.45) is 0. The van der Waals surface area contributed by atoms with Gasteiger partial charge in [-0.25, -0.2) is 0 Å². The molecule has 7 heteroatoms. The summed E-state index contributed by atoms with van der Waals surface area (Å²) in [6.45, 7) is 4.96. The van der Waals surface area contributed by atoms with Gasteiger partial charge in [-0.05, 0) is 36.4 Å². The maximum Gasteiger partial charge on any atom is 0.229 e. The van der Waals surface area contributed by atoms with E-state index in [1.54, 1.807) is 6.07 Å². The van der Waals surface area contributed by atoms with Gasteiger partial charge in [-0.1, -0.05) is 18.2 Å². The van der Waals surface area contributed by atoms with E-state index >= 15 is 0 Å². The van der Waals surface area contributed by atoms with E-state index in [2.05, 4.69) is 21.3 Å². The SMILES string of the molecule is Nc1cc(OCCN2CCOCC2)ccc1Nc1cc[c]c(Oc2ccccc2)n1. The molecule has 7 nitrogen and oxygen atoms in total. The highest BCUT2D eigenvalue weighted by Crippen LogP contribution is 2.28. The molecule has 1 radical (unpaired) electrons. The van der Waals surface area contributed by atoms with Crippen LogP contribution in [0, 0.1) is 6.07 Å². The number of nitrogens with one attached hydrogen (secondary N) is 1. The van der Waals surface area contributed by atoms with Gasteiger partial charge >= 0.3 is 0 Å². The third-order valence-electron chi connectivity index (χ3n) is 4.69. The van der Waals surface area contributed by atoms with Crippen LogP contribution in [0.2, 0.25) is 0 Å². The lowest BCUT2D eigenvalue weighted by Gasteiger charge is -2.26. The maximum absolute atomic E-state index is 6.21. The summed E-state index contributed by atoms with van der Waals surface area (Å²) < 4.78 is 16.9. The second-order valence-corrected chi connectivity index (χ2v) is 6.87. The van der Waals surface area contributed by atoms with E-state index in [1.807, 2.05) is 54.6 Å². The van der Waals surface area contributed by atoms with Gasteiger partial charge in [0.2, 0.25) is 5.88 Å². The van der Waals surface area contributed by atoms with Crippen molar-refractivity contribution in [2.24, 2.45) is 0 Å². The van der Waals surface area contributed by atoms with E-state index in [0.29, 0.717) is 29.7 Å². The second kappa shape index (κ2) is 9.96. The lowest BCUT2D eigenvalue weighted by Crippen LogP contribution is -2.38. The van der Waals surface area contributed by atoms with Crippen molar-refractivity contribution in [1.82, 2.24) is 9.88 Å². The molecule has 0 saturated carbocycles. The van der Waals surface area contributed by atoms with Crippen LogP contribution in [0.25, 0.3) is 0 Å². The van der Waals surface area contributed by atoms with Crippen molar-refractivity contribution < 1.29 is 14.2 Å². The smallest absolute Gasteiger partial charge is 0.229 e. The number of benzene rings is 2. The normalized spacial score (nSPS) is 14.3. The molecule has 4 rings (SSSR count). The fraction of sp³-hybridized carbons (Fsp3) is 0.261. The first-order valence-electron chi connectivity index (χ1n) is 9.97. The summed E-state index contributed by atoms with van der Waals surface area (Å²) in [6, 6.07) is 21.6. The second-order valence-electron chi connectivity index (χ2n) is 6.87. The van der Waals surface area contributed by atoms with Gasteiger partial charge < -0.3 is 25.3 Å². The van der Waals surface area contributed by atoms with Crippen LogP contribution in [0.5, 0.6) is 17.4 Å². The van der Waals surface area contributed by atoms with Crippen molar-refractivity contribution in [3.8, 4) is 17.4 Å². The summed E-state index contributed by atoms with van der Waals surface area (Å²) in [4.78, 5) is 6.77. The quantitative estimate of drug-likeness (QED) is 0.553. The Balaban J connectivity index is 1.33. The zero-order valence-corrected chi connectivity index (χ0v) is 16.7. The minimum absolute atomic E-state index is 0.382. The predicted molar refractivity (Wildman–Crippen MR) is 116 cm³/mol. The van der Waals surface area contributed by atoms with Crippen LogP contribution in [0.4, 0.5) is 17.2 Å². The number of para-hydroxylation sites is 1. The Labute approximate surface area is 176 Å². The molecular formula is C23H25N4O3. The Morgan fingerprint density at radius 2 is 1.90 bits per heavy atom. The topological polar surface area (TPSA) is 81.9 Å². The third kappa shape index (κ3) is 5.62. The molecule has 155 valence electrons. The van der Waals surface area contributed by atoms with Gasteiger partial charge in [0.15, 0.2) is 0 Å². The average molecular weight is 405 g/mol. The molecule has 0 unspecified atom stereocenters. The van der Waals surface area contributed by atoms with Crippen molar-refractivity contribution in [1.29, 1.82) is 0 Å². The number of nitrogens with zero attached hydrogens (tertiary/aromatic N) is 2. The number of hydrogen-bond donors (Lipinski definition) is 2. The maximum atomic E-state index is 6.21. The van der Waals surface area contributed by atoms with Crippen LogP contribution in [0.15, 0.2) is 60.7 Å². The zero-order valence-electron chi connectivity index (χ0n) is 16.7. The van der Waals surface area contributed by atoms with E-state index in [0.717, 1.165) is 44.3 Å². The van der Waals surface area contributed by atoms with Gasteiger partial charge in [0.05, 0.1) is 24.6 Å². The monoisotopic (exact) mass is 405 g/mol. The molecular weight excluding hydrogens is 380 g/mol. The molecule has 1 saturated heterocycles. The van der Waals surface area contributed by atoms with Crippen LogP contribution in [0.1, 0.15) is 0 Å². The molecule has 30 heavy (non-hydrogen) atoms. The molecule has 1 aliphatic heterocycles. The number of nitrogen functional groups attached to an aromatic ring is 1. The molecule has 1 aromatic heterocycles. The van der Waals surface area contributed by atoms with Crippen LogP contribution in [-0.4, -0.2) is 49.3 Å². The summed E-state index contributed by atoms with van der Waals surface area (Å²) >= 11 is 0. The lowest BCUT2D eigenvalue weighted by atomic mass is 10.2. The highest BCUT2D eigenvalue weighted by molar-refractivity contribution is 5.72. The number of morpholine rings is 1. The van der Waals surface area contributed by atoms with Gasteiger partial charge in [-0.15, -0.1) is 0 Å². The van der Waals surface area contributed by atoms with Crippen LogP contribution in [0.3, 0.4) is 0 Å². The Kier molecular flexibility index (Phi) is 6.64. The first-order chi connectivity index (χ1) is 14.8. The number of ether oxygens (including phenoxy) is 3. The van der Waals surface area contributed by atoms with Crippen molar-refractivity contribution in [3.63, 3.8) is 0 Å². The molecule has 0 bridgehead atoms. The molecule has 3 N–H and O–H groups in total. The molecule has 0 atom stereocenters. The summed E-state index contributed by atoms with van der Waals surface area (Å²) in [5.41, 5.74) is 7.54. The molecule has 0 aliphatic carbocycles. The van der Waals surface area contributed by atoms with Crippen LogP contribution < -0.4 is 20.5 Å². The van der Waals surface area contributed by atoms with E-state index < -0.39 is 0 Å². The molecule has 1 aliphatic rings. The van der Waals surface area contributed by atoms with Crippen LogP contribution >= 0.6 is 0 Å². The minimum Gasteiger partial charge on any atom is -0.492 e. The fourth-order valence-corrected chi connectivity index (χ4v) is 3.09. The summed E-state index contributed by atoms with van der Waals surface area (Å²) in [5, 5.41) is 3.22. The van der Waals surface area contributed by atoms with Gasteiger partial charge in [-0.3, -0.25) is 4.90 Å².